The van der Waals surface area contributed by atoms with Crippen LogP contribution in [0.1, 0.15) is 40.9 Å². The molecule has 0 N–H and O–H groups in total. The molecule has 2 aromatic rings. The van der Waals surface area contributed by atoms with Gasteiger partial charge in [-0.3, -0.25) is 4.79 Å². The number of likely N-dealkylation sites (tertiary alicyclic amines) is 1. The van der Waals surface area contributed by atoms with Crippen LogP contribution < -0.4 is 0 Å². The highest BCUT2D eigenvalue weighted by molar-refractivity contribution is 7.98. The topological polar surface area (TPSA) is 51.0 Å². The first-order chi connectivity index (χ1) is 10.8. The number of carbonyl (C=O) groups excluding carboxylic acids is 1. The molecule has 1 saturated heterocycles. The lowest BCUT2D eigenvalue weighted by Crippen LogP contribution is -2.51. The molecule has 1 aliphatic carbocycles. The molecule has 22 heavy (non-hydrogen) atoms. The lowest BCUT2D eigenvalue weighted by atomic mass is 10.1. The number of carbonyl (C=O) groups is 1. The van der Waals surface area contributed by atoms with Gasteiger partial charge in [-0.2, -0.15) is 0 Å². The minimum Gasteiger partial charge on any atom is -0.334 e. The van der Waals surface area contributed by atoms with Crippen LogP contribution in [0, 0.1) is 0 Å². The summed E-state index contributed by atoms with van der Waals surface area (Å²) in [6.07, 6.45) is 6.53. The molecule has 0 spiro atoms. The Morgan fingerprint density at radius 2 is 2.05 bits per heavy atom. The van der Waals surface area contributed by atoms with Crippen LogP contribution >= 0.6 is 11.8 Å². The molecule has 4 rings (SSSR count). The molecular weight excluding hydrogens is 296 g/mol. The average molecular weight is 314 g/mol. The molecule has 6 heteroatoms. The van der Waals surface area contributed by atoms with Crippen molar-refractivity contribution in [2.24, 2.45) is 0 Å². The maximum absolute atomic E-state index is 12.6. The molecule has 2 fully saturated rings. The maximum atomic E-state index is 12.6. The number of rotatable bonds is 4. The van der Waals surface area contributed by atoms with Crippen molar-refractivity contribution in [2.75, 3.05) is 19.3 Å². The van der Waals surface area contributed by atoms with Crippen LogP contribution in [0.2, 0.25) is 0 Å². The molecule has 0 radical (unpaired) electrons. The zero-order valence-electron chi connectivity index (χ0n) is 12.5. The Morgan fingerprint density at radius 1 is 1.27 bits per heavy atom. The quantitative estimate of drug-likeness (QED) is 0.814. The first-order valence-electron chi connectivity index (χ1n) is 7.60. The van der Waals surface area contributed by atoms with Crippen LogP contribution in [0.3, 0.4) is 0 Å². The summed E-state index contributed by atoms with van der Waals surface area (Å²) in [7, 11) is 0. The fourth-order valence-corrected chi connectivity index (χ4v) is 3.41. The first-order valence-corrected chi connectivity index (χ1v) is 8.83. The van der Waals surface area contributed by atoms with Crippen LogP contribution in [-0.4, -0.2) is 45.1 Å². The lowest BCUT2D eigenvalue weighted by Gasteiger charge is -2.39. The first kappa shape index (κ1) is 13.8. The van der Waals surface area contributed by atoms with Crippen LogP contribution in [0.4, 0.5) is 0 Å². The van der Waals surface area contributed by atoms with Crippen molar-refractivity contribution in [1.29, 1.82) is 0 Å². The Kier molecular flexibility index (Phi) is 3.41. The van der Waals surface area contributed by atoms with Gasteiger partial charge in [0.25, 0.3) is 5.91 Å². The van der Waals surface area contributed by atoms with Crippen LogP contribution in [0.25, 0.3) is 0 Å². The zero-order chi connectivity index (χ0) is 15.1. The van der Waals surface area contributed by atoms with E-state index >= 15 is 0 Å². The van der Waals surface area contributed by atoms with Crippen molar-refractivity contribution in [1.82, 2.24) is 19.9 Å². The summed E-state index contributed by atoms with van der Waals surface area (Å²) in [5.41, 5.74) is 1.91. The van der Waals surface area contributed by atoms with E-state index in [0.29, 0.717) is 5.92 Å². The second-order valence-electron chi connectivity index (χ2n) is 5.96. The van der Waals surface area contributed by atoms with Crippen molar-refractivity contribution >= 4 is 17.7 Å². The largest absolute Gasteiger partial charge is 0.334 e. The Morgan fingerprint density at radius 3 is 2.77 bits per heavy atom. The van der Waals surface area contributed by atoms with E-state index in [1.165, 1.54) is 12.8 Å². The van der Waals surface area contributed by atoms with Crippen molar-refractivity contribution < 1.29 is 4.79 Å². The van der Waals surface area contributed by atoms with E-state index in [1.54, 1.807) is 11.8 Å². The highest BCUT2D eigenvalue weighted by Crippen LogP contribution is 2.39. The SMILES string of the molecule is CSc1ccccc1C(=O)N1CC(n2cc(C3CC3)nn2)C1. The number of aromatic nitrogens is 3. The van der Waals surface area contributed by atoms with Gasteiger partial charge in [0.15, 0.2) is 0 Å². The normalized spacial score (nSPS) is 18.3. The van der Waals surface area contributed by atoms with Crippen molar-refractivity contribution in [3.8, 4) is 0 Å². The third-order valence-corrected chi connectivity index (χ3v) is 5.18. The Balaban J connectivity index is 1.42. The predicted octanol–water partition coefficient (Wildman–Crippen LogP) is 2.57. The summed E-state index contributed by atoms with van der Waals surface area (Å²) < 4.78 is 1.93. The molecule has 0 atom stereocenters. The van der Waals surface area contributed by atoms with E-state index < -0.39 is 0 Å². The van der Waals surface area contributed by atoms with E-state index in [1.807, 2.05) is 40.1 Å². The Bertz CT molecular complexity index is 704. The highest BCUT2D eigenvalue weighted by Gasteiger charge is 2.35. The van der Waals surface area contributed by atoms with Gasteiger partial charge >= 0.3 is 0 Å². The highest BCUT2D eigenvalue weighted by atomic mass is 32.2. The molecule has 0 unspecified atom stereocenters. The van der Waals surface area contributed by atoms with Gasteiger partial charge in [0.05, 0.1) is 17.3 Å². The second-order valence-corrected chi connectivity index (χ2v) is 6.81. The van der Waals surface area contributed by atoms with Crippen LogP contribution in [0.15, 0.2) is 35.4 Å². The molecule has 2 aliphatic rings. The van der Waals surface area contributed by atoms with E-state index in [2.05, 4.69) is 16.5 Å². The number of hydrogen-bond acceptors (Lipinski definition) is 4. The Labute approximate surface area is 133 Å². The van der Waals surface area contributed by atoms with Gasteiger partial charge in [-0.05, 0) is 31.2 Å². The van der Waals surface area contributed by atoms with Gasteiger partial charge in [-0.25, -0.2) is 4.68 Å². The van der Waals surface area contributed by atoms with Crippen LogP contribution in [0.5, 0.6) is 0 Å². The van der Waals surface area contributed by atoms with Crippen molar-refractivity contribution in [3.63, 3.8) is 0 Å². The van der Waals surface area contributed by atoms with E-state index in [0.717, 1.165) is 29.2 Å². The number of nitrogens with zero attached hydrogens (tertiary/aromatic N) is 4. The van der Waals surface area contributed by atoms with Crippen molar-refractivity contribution in [2.45, 2.75) is 29.7 Å². The summed E-state index contributed by atoms with van der Waals surface area (Å²) in [4.78, 5) is 15.5. The number of thioether (sulfide) groups is 1. The molecule has 114 valence electrons. The summed E-state index contributed by atoms with van der Waals surface area (Å²) in [5, 5.41) is 8.47. The number of amides is 1. The minimum absolute atomic E-state index is 0.115. The average Bonchev–Trinajstić information content (AvgIpc) is 3.25. The van der Waals surface area contributed by atoms with Crippen molar-refractivity contribution in [3.05, 3.63) is 41.7 Å². The van der Waals surface area contributed by atoms with E-state index in [-0.39, 0.29) is 11.9 Å². The van der Waals surface area contributed by atoms with Gasteiger partial charge in [0.2, 0.25) is 0 Å². The molecule has 1 saturated carbocycles. The number of benzene rings is 1. The molecule has 5 nitrogen and oxygen atoms in total. The predicted molar refractivity (Wildman–Crippen MR) is 85.2 cm³/mol. The van der Waals surface area contributed by atoms with Gasteiger partial charge in [-0.15, -0.1) is 16.9 Å². The molecular formula is C16H18N4OS. The van der Waals surface area contributed by atoms with Gasteiger partial charge in [-0.1, -0.05) is 17.3 Å². The fraction of sp³-hybridized carbons (Fsp3) is 0.438. The molecule has 1 aromatic heterocycles. The third-order valence-electron chi connectivity index (χ3n) is 4.38. The molecule has 1 amide bonds. The molecule has 0 bridgehead atoms. The fourth-order valence-electron chi connectivity index (χ4n) is 2.82. The standard InChI is InChI=1S/C16H18N4OS/c1-22-15-5-3-2-4-13(15)16(21)19-8-12(9-19)20-10-14(17-18-20)11-6-7-11/h2-5,10-12H,6-9H2,1H3. The Hall–Kier alpha value is -1.82. The zero-order valence-corrected chi connectivity index (χ0v) is 13.3. The summed E-state index contributed by atoms with van der Waals surface area (Å²) in [5.74, 6) is 0.740. The smallest absolute Gasteiger partial charge is 0.255 e. The monoisotopic (exact) mass is 314 g/mol. The van der Waals surface area contributed by atoms with Gasteiger partial charge in [0, 0.05) is 30.1 Å². The van der Waals surface area contributed by atoms with Crippen LogP contribution in [-0.2, 0) is 0 Å². The van der Waals surface area contributed by atoms with E-state index in [9.17, 15) is 4.79 Å². The van der Waals surface area contributed by atoms with Gasteiger partial charge in [0.1, 0.15) is 0 Å². The summed E-state index contributed by atoms with van der Waals surface area (Å²) in [6, 6.07) is 8.06. The molecule has 1 aliphatic heterocycles. The minimum atomic E-state index is 0.115. The summed E-state index contributed by atoms with van der Waals surface area (Å²) >= 11 is 1.61. The molecule has 2 heterocycles. The van der Waals surface area contributed by atoms with E-state index in [4.69, 9.17) is 0 Å². The molecule has 1 aromatic carbocycles. The van der Waals surface area contributed by atoms with Gasteiger partial charge < -0.3 is 4.90 Å². The lowest BCUT2D eigenvalue weighted by molar-refractivity contribution is 0.0495. The second kappa shape index (κ2) is 5.43. The third kappa shape index (κ3) is 2.41. The maximum Gasteiger partial charge on any atom is 0.255 e. The summed E-state index contributed by atoms with van der Waals surface area (Å²) in [6.45, 7) is 1.43. The number of hydrogen-bond donors (Lipinski definition) is 0.